The van der Waals surface area contributed by atoms with E-state index in [0.717, 1.165) is 26.6 Å². The zero-order chi connectivity index (χ0) is 23.3. The molecule has 1 amide bonds. The Morgan fingerprint density at radius 2 is 1.88 bits per heavy atom. The van der Waals surface area contributed by atoms with Gasteiger partial charge in [-0.2, -0.15) is 0 Å². The maximum Gasteiger partial charge on any atom is 0.407 e. The third-order valence-electron chi connectivity index (χ3n) is 4.29. The monoisotopic (exact) mass is 460 g/mol. The maximum absolute atomic E-state index is 11.7. The van der Waals surface area contributed by atoms with Crippen molar-refractivity contribution in [2.75, 3.05) is 13.2 Å². The van der Waals surface area contributed by atoms with Crippen LogP contribution < -0.4 is 5.32 Å². The molecule has 0 fully saturated rings. The number of nitrogens with zero attached hydrogens (tertiary/aromatic N) is 1. The van der Waals surface area contributed by atoms with E-state index in [9.17, 15) is 9.59 Å². The second-order valence-electron chi connectivity index (χ2n) is 6.77. The summed E-state index contributed by atoms with van der Waals surface area (Å²) in [6, 6.07) is 17.3. The van der Waals surface area contributed by atoms with E-state index in [2.05, 4.69) is 22.1 Å². The molecule has 3 aromatic rings. The lowest BCUT2D eigenvalue weighted by molar-refractivity contribution is -0.137. The number of hydrogen-bond acceptors (Lipinski definition) is 6. The molecule has 1 aromatic heterocycles. The fourth-order valence-electron chi connectivity index (χ4n) is 2.70. The number of ether oxygens (including phenoxy) is 2. The topological polar surface area (TPSA) is 77.5 Å². The molecule has 0 saturated heterocycles. The van der Waals surface area contributed by atoms with Crippen molar-refractivity contribution in [1.29, 1.82) is 0 Å². The van der Waals surface area contributed by atoms with Crippen molar-refractivity contribution in [2.45, 2.75) is 20.0 Å². The highest BCUT2D eigenvalue weighted by molar-refractivity contribution is 7.15. The number of amides is 1. The van der Waals surface area contributed by atoms with Gasteiger partial charge in [-0.25, -0.2) is 14.6 Å². The minimum atomic E-state index is -0.454. The van der Waals surface area contributed by atoms with Gasteiger partial charge in [-0.3, -0.25) is 0 Å². The summed E-state index contributed by atoms with van der Waals surface area (Å²) in [5, 5.41) is 3.55. The SMILES string of the molecule is CCOC(=O)/C=C/c1cnc(-c2ccc(C#CCCNC(=O)OCc3ccccc3)cc2)s1. The van der Waals surface area contributed by atoms with E-state index >= 15 is 0 Å². The van der Waals surface area contributed by atoms with Crippen LogP contribution in [0.2, 0.25) is 0 Å². The quantitative estimate of drug-likeness (QED) is 0.220. The molecule has 0 saturated carbocycles. The molecule has 1 heterocycles. The third kappa shape index (κ3) is 8.28. The van der Waals surface area contributed by atoms with Gasteiger partial charge in [0.1, 0.15) is 11.6 Å². The Morgan fingerprint density at radius 3 is 2.64 bits per heavy atom. The number of hydrogen-bond donors (Lipinski definition) is 1. The Hall–Kier alpha value is -3.89. The molecule has 0 spiro atoms. The predicted octanol–water partition coefficient (Wildman–Crippen LogP) is 5.05. The number of alkyl carbamates (subject to hydrolysis) is 1. The number of aromatic nitrogens is 1. The van der Waals surface area contributed by atoms with Gasteiger partial charge < -0.3 is 14.8 Å². The molecule has 3 rings (SSSR count). The number of carbonyl (C=O) groups excluding carboxylic acids is 2. The lowest BCUT2D eigenvalue weighted by atomic mass is 10.1. The molecule has 0 aliphatic rings. The number of benzene rings is 2. The van der Waals surface area contributed by atoms with Crippen LogP contribution in [0.5, 0.6) is 0 Å². The number of esters is 1. The second-order valence-corrected chi connectivity index (χ2v) is 7.83. The molecule has 0 aliphatic heterocycles. The molecule has 33 heavy (non-hydrogen) atoms. The summed E-state index contributed by atoms with van der Waals surface area (Å²) in [6.45, 7) is 2.78. The van der Waals surface area contributed by atoms with Crippen molar-refractivity contribution < 1.29 is 19.1 Å². The first-order chi connectivity index (χ1) is 16.1. The standard InChI is InChI=1S/C26H24N2O4S/c1-2-31-24(29)16-15-23-18-28-25(33-23)22-13-11-20(12-14-22)8-6-7-17-27-26(30)32-19-21-9-4-3-5-10-21/h3-5,9-16,18H,2,7,17,19H2,1H3,(H,27,30)/b16-15+. The van der Waals surface area contributed by atoms with E-state index in [0.29, 0.717) is 19.6 Å². The predicted molar refractivity (Wildman–Crippen MR) is 129 cm³/mol. The summed E-state index contributed by atoms with van der Waals surface area (Å²) in [7, 11) is 0. The zero-order valence-corrected chi connectivity index (χ0v) is 19.1. The fourth-order valence-corrected chi connectivity index (χ4v) is 3.52. The van der Waals surface area contributed by atoms with E-state index in [1.165, 1.54) is 17.4 Å². The van der Waals surface area contributed by atoms with Gasteiger partial charge >= 0.3 is 12.1 Å². The van der Waals surface area contributed by atoms with Gasteiger partial charge in [0.2, 0.25) is 0 Å². The smallest absolute Gasteiger partial charge is 0.407 e. The van der Waals surface area contributed by atoms with Crippen LogP contribution in [-0.4, -0.2) is 30.2 Å². The highest BCUT2D eigenvalue weighted by atomic mass is 32.1. The van der Waals surface area contributed by atoms with Gasteiger partial charge in [-0.05, 0) is 30.7 Å². The molecular formula is C26H24N2O4S. The van der Waals surface area contributed by atoms with Gasteiger partial charge in [-0.15, -0.1) is 11.3 Å². The van der Waals surface area contributed by atoms with Crippen LogP contribution in [0.1, 0.15) is 29.3 Å². The van der Waals surface area contributed by atoms with E-state index in [-0.39, 0.29) is 12.6 Å². The molecule has 0 bridgehead atoms. The number of thiazole rings is 1. The summed E-state index contributed by atoms with van der Waals surface area (Å²) in [6.07, 6.45) is 4.89. The average molecular weight is 461 g/mol. The van der Waals surface area contributed by atoms with E-state index < -0.39 is 6.09 Å². The van der Waals surface area contributed by atoms with Crippen molar-refractivity contribution in [3.05, 3.63) is 82.9 Å². The van der Waals surface area contributed by atoms with Crippen LogP contribution in [0.25, 0.3) is 16.6 Å². The minimum absolute atomic E-state index is 0.243. The summed E-state index contributed by atoms with van der Waals surface area (Å²) in [4.78, 5) is 28.4. The maximum atomic E-state index is 11.7. The number of nitrogens with one attached hydrogen (secondary N) is 1. The van der Waals surface area contributed by atoms with Gasteiger partial charge in [0, 0.05) is 41.2 Å². The lowest BCUT2D eigenvalue weighted by Gasteiger charge is -2.05. The van der Waals surface area contributed by atoms with Gasteiger partial charge in [0.15, 0.2) is 0 Å². The minimum Gasteiger partial charge on any atom is -0.463 e. The van der Waals surface area contributed by atoms with Crippen LogP contribution in [0.4, 0.5) is 4.79 Å². The third-order valence-corrected chi connectivity index (χ3v) is 5.30. The Balaban J connectivity index is 1.42. The van der Waals surface area contributed by atoms with Gasteiger partial charge in [0.25, 0.3) is 0 Å². The summed E-state index contributed by atoms with van der Waals surface area (Å²) >= 11 is 1.49. The molecule has 0 radical (unpaired) electrons. The van der Waals surface area contributed by atoms with E-state index in [1.807, 2.05) is 54.6 Å². The van der Waals surface area contributed by atoms with Crippen molar-refractivity contribution >= 4 is 29.5 Å². The van der Waals surface area contributed by atoms with Crippen LogP contribution in [0, 0.1) is 11.8 Å². The molecule has 2 aromatic carbocycles. The molecule has 0 atom stereocenters. The van der Waals surface area contributed by atoms with Crippen molar-refractivity contribution in [3.8, 4) is 22.4 Å². The van der Waals surface area contributed by atoms with Crippen molar-refractivity contribution in [2.24, 2.45) is 0 Å². The normalized spacial score (nSPS) is 10.3. The number of carbonyl (C=O) groups is 2. The number of rotatable bonds is 8. The Labute approximate surface area is 197 Å². The Kier molecular flexibility index (Phi) is 9.25. The summed E-state index contributed by atoms with van der Waals surface area (Å²) in [5.41, 5.74) is 2.80. The molecule has 7 heteroatoms. The van der Waals surface area contributed by atoms with Crippen LogP contribution in [0.3, 0.4) is 0 Å². The van der Waals surface area contributed by atoms with Crippen molar-refractivity contribution in [1.82, 2.24) is 10.3 Å². The molecule has 0 unspecified atom stereocenters. The van der Waals surface area contributed by atoms with Gasteiger partial charge in [-0.1, -0.05) is 54.3 Å². The zero-order valence-electron chi connectivity index (χ0n) is 18.2. The van der Waals surface area contributed by atoms with Crippen molar-refractivity contribution in [3.63, 3.8) is 0 Å². The van der Waals surface area contributed by atoms with E-state index in [1.54, 1.807) is 19.2 Å². The van der Waals surface area contributed by atoms with Crippen LogP contribution in [0.15, 0.2) is 66.9 Å². The largest absolute Gasteiger partial charge is 0.463 e. The van der Waals surface area contributed by atoms with Gasteiger partial charge in [0.05, 0.1) is 6.61 Å². The highest BCUT2D eigenvalue weighted by Gasteiger charge is 2.04. The first kappa shape index (κ1) is 23.8. The van der Waals surface area contributed by atoms with Crippen LogP contribution >= 0.6 is 11.3 Å². The fraction of sp³-hybridized carbons (Fsp3) is 0.192. The second kappa shape index (κ2) is 12.8. The first-order valence-corrected chi connectivity index (χ1v) is 11.3. The van der Waals surface area contributed by atoms with Crippen LogP contribution in [-0.2, 0) is 20.9 Å². The van der Waals surface area contributed by atoms with E-state index in [4.69, 9.17) is 9.47 Å². The Morgan fingerprint density at radius 1 is 1.09 bits per heavy atom. The first-order valence-electron chi connectivity index (χ1n) is 10.5. The molecule has 6 nitrogen and oxygen atoms in total. The molecule has 0 aliphatic carbocycles. The molecular weight excluding hydrogens is 436 g/mol. The summed E-state index contributed by atoms with van der Waals surface area (Å²) in [5.74, 6) is 5.76. The molecule has 1 N–H and O–H groups in total. The summed E-state index contributed by atoms with van der Waals surface area (Å²) < 4.78 is 10.0. The average Bonchev–Trinajstić information content (AvgIpc) is 3.32. The Bertz CT molecular complexity index is 1140. The molecule has 168 valence electrons. The lowest BCUT2D eigenvalue weighted by Crippen LogP contribution is -2.24. The highest BCUT2D eigenvalue weighted by Crippen LogP contribution is 2.26.